The molecule has 4 rings (SSSR count). The van der Waals surface area contributed by atoms with E-state index >= 15 is 0 Å². The van der Waals surface area contributed by atoms with E-state index in [1.807, 2.05) is 22.4 Å². The van der Waals surface area contributed by atoms with Crippen molar-refractivity contribution in [3.63, 3.8) is 0 Å². The second-order valence-electron chi connectivity index (χ2n) is 6.80. The number of benzene rings is 1. The lowest BCUT2D eigenvalue weighted by molar-refractivity contribution is -0.395. The minimum absolute atomic E-state index is 0.0617. The van der Waals surface area contributed by atoms with Crippen molar-refractivity contribution in [3.05, 3.63) is 61.0 Å². The number of hydrogen-bond donors (Lipinski definition) is 0. The van der Waals surface area contributed by atoms with Crippen LogP contribution in [0.5, 0.6) is 0 Å². The first-order valence-corrected chi connectivity index (χ1v) is 10.9. The number of nitro groups is 2. The lowest BCUT2D eigenvalue weighted by Gasteiger charge is -2.34. The van der Waals surface area contributed by atoms with Crippen molar-refractivity contribution in [3.8, 4) is 9.88 Å². The lowest BCUT2D eigenvalue weighted by atomic mass is 10.1. The standard InChI is InChI=1S/C18H16N6O5S2/c1-11-13(23(26)27)9-12(10-14(11)24(28)29)17(25)21-4-6-22(7-5-21)18-20-19-16(31-18)15-3-2-8-30-15/h2-3,8-10H,4-7H2,1H3. The fraction of sp³-hybridized carbons (Fsp3) is 0.278. The average molecular weight is 460 g/mol. The van der Waals surface area contributed by atoms with Crippen LogP contribution in [0.3, 0.4) is 0 Å². The molecule has 0 saturated carbocycles. The smallest absolute Gasteiger partial charge is 0.279 e. The Morgan fingerprint density at radius 2 is 1.71 bits per heavy atom. The number of hydrogen-bond acceptors (Lipinski definition) is 10. The fourth-order valence-corrected chi connectivity index (χ4v) is 5.00. The van der Waals surface area contributed by atoms with E-state index in [2.05, 4.69) is 10.2 Å². The number of amides is 1. The van der Waals surface area contributed by atoms with E-state index in [0.717, 1.165) is 27.1 Å². The molecule has 2 aromatic heterocycles. The molecule has 0 unspecified atom stereocenters. The number of nitrogens with zero attached hydrogens (tertiary/aromatic N) is 6. The van der Waals surface area contributed by atoms with Gasteiger partial charge in [0.05, 0.1) is 20.3 Å². The second-order valence-corrected chi connectivity index (χ2v) is 8.70. The molecule has 0 atom stereocenters. The van der Waals surface area contributed by atoms with Crippen molar-refractivity contribution in [2.45, 2.75) is 6.92 Å². The average Bonchev–Trinajstić information content (AvgIpc) is 3.45. The highest BCUT2D eigenvalue weighted by Crippen LogP contribution is 2.33. The highest BCUT2D eigenvalue weighted by Gasteiger charge is 2.29. The van der Waals surface area contributed by atoms with Gasteiger partial charge in [-0.2, -0.15) is 0 Å². The molecule has 1 aromatic carbocycles. The number of piperazine rings is 1. The Morgan fingerprint density at radius 3 is 2.26 bits per heavy atom. The predicted molar refractivity (Wildman–Crippen MR) is 116 cm³/mol. The van der Waals surface area contributed by atoms with Crippen molar-refractivity contribution in [1.29, 1.82) is 0 Å². The van der Waals surface area contributed by atoms with Gasteiger partial charge in [0, 0.05) is 38.3 Å². The fourth-order valence-electron chi connectivity index (χ4n) is 3.31. The molecule has 3 aromatic rings. The van der Waals surface area contributed by atoms with E-state index in [0.29, 0.717) is 26.2 Å². The first-order valence-electron chi connectivity index (χ1n) is 9.20. The molecule has 0 N–H and O–H groups in total. The minimum Gasteiger partial charge on any atom is -0.343 e. The number of thiophene rings is 1. The largest absolute Gasteiger partial charge is 0.343 e. The highest BCUT2D eigenvalue weighted by atomic mass is 32.1. The molecule has 0 radical (unpaired) electrons. The van der Waals surface area contributed by atoms with Crippen molar-refractivity contribution in [2.75, 3.05) is 31.1 Å². The number of aromatic nitrogens is 2. The third kappa shape index (κ3) is 4.09. The minimum atomic E-state index is -0.711. The summed E-state index contributed by atoms with van der Waals surface area (Å²) in [5.74, 6) is -0.470. The summed E-state index contributed by atoms with van der Waals surface area (Å²) in [6.07, 6.45) is 0. The second kappa shape index (κ2) is 8.35. The molecule has 1 aliphatic rings. The number of anilines is 1. The number of carbonyl (C=O) groups is 1. The summed E-state index contributed by atoms with van der Waals surface area (Å²) in [7, 11) is 0. The van der Waals surface area contributed by atoms with Crippen molar-refractivity contribution in [1.82, 2.24) is 15.1 Å². The molecule has 1 fully saturated rings. The third-order valence-electron chi connectivity index (χ3n) is 4.98. The first-order chi connectivity index (χ1) is 14.8. The van der Waals surface area contributed by atoms with Gasteiger partial charge in [0.25, 0.3) is 17.3 Å². The van der Waals surface area contributed by atoms with Gasteiger partial charge in [-0.25, -0.2) is 0 Å². The quantitative estimate of drug-likeness (QED) is 0.418. The van der Waals surface area contributed by atoms with Crippen LogP contribution >= 0.6 is 22.7 Å². The maximum Gasteiger partial charge on any atom is 0.279 e. The van der Waals surface area contributed by atoms with E-state index in [-0.39, 0.29) is 11.1 Å². The van der Waals surface area contributed by atoms with Crippen LogP contribution in [-0.2, 0) is 0 Å². The van der Waals surface area contributed by atoms with Crippen LogP contribution in [0.4, 0.5) is 16.5 Å². The van der Waals surface area contributed by atoms with E-state index in [1.54, 1.807) is 11.3 Å². The Labute approximate surface area is 183 Å². The van der Waals surface area contributed by atoms with Gasteiger partial charge >= 0.3 is 0 Å². The first kappa shape index (κ1) is 20.8. The lowest BCUT2D eigenvalue weighted by Crippen LogP contribution is -2.48. The van der Waals surface area contributed by atoms with Crippen LogP contribution in [0.15, 0.2) is 29.6 Å². The van der Waals surface area contributed by atoms with Crippen molar-refractivity contribution in [2.24, 2.45) is 0 Å². The molecule has 0 bridgehead atoms. The Bertz CT molecular complexity index is 1120. The maximum atomic E-state index is 12.9. The zero-order valence-electron chi connectivity index (χ0n) is 16.3. The van der Waals surface area contributed by atoms with E-state index < -0.39 is 27.1 Å². The molecule has 13 heteroatoms. The van der Waals surface area contributed by atoms with Gasteiger partial charge in [0.15, 0.2) is 5.01 Å². The zero-order valence-corrected chi connectivity index (χ0v) is 17.9. The van der Waals surface area contributed by atoms with Gasteiger partial charge < -0.3 is 9.80 Å². The summed E-state index contributed by atoms with van der Waals surface area (Å²) in [5.41, 5.74) is -1.01. The van der Waals surface area contributed by atoms with Gasteiger partial charge in [-0.1, -0.05) is 17.4 Å². The molecule has 160 valence electrons. The van der Waals surface area contributed by atoms with Crippen LogP contribution in [0.25, 0.3) is 9.88 Å². The summed E-state index contributed by atoms with van der Waals surface area (Å²) in [4.78, 5) is 38.6. The van der Waals surface area contributed by atoms with E-state index in [4.69, 9.17) is 0 Å². The van der Waals surface area contributed by atoms with E-state index in [1.165, 1.54) is 23.2 Å². The normalized spacial score (nSPS) is 14.0. The summed E-state index contributed by atoms with van der Waals surface area (Å²) in [6, 6.07) is 6.14. The SMILES string of the molecule is Cc1c([N+](=O)[O-])cc(C(=O)N2CCN(c3nnc(-c4cccs4)s3)CC2)cc1[N+](=O)[O-]. The molecular formula is C18H16N6O5S2. The Morgan fingerprint density at radius 1 is 1.06 bits per heavy atom. The molecule has 0 spiro atoms. The molecule has 3 heterocycles. The van der Waals surface area contributed by atoms with Crippen LogP contribution in [-0.4, -0.2) is 57.0 Å². The van der Waals surface area contributed by atoms with Gasteiger partial charge in [-0.3, -0.25) is 25.0 Å². The van der Waals surface area contributed by atoms with Gasteiger partial charge in [-0.15, -0.1) is 21.5 Å². The van der Waals surface area contributed by atoms with Gasteiger partial charge in [0.1, 0.15) is 5.56 Å². The highest BCUT2D eigenvalue weighted by molar-refractivity contribution is 7.22. The summed E-state index contributed by atoms with van der Waals surface area (Å²) < 4.78 is 0. The molecule has 1 aliphatic heterocycles. The summed E-state index contributed by atoms with van der Waals surface area (Å²) in [6.45, 7) is 3.06. The number of nitro benzene ring substituents is 2. The molecule has 1 saturated heterocycles. The maximum absolute atomic E-state index is 12.9. The Balaban J connectivity index is 1.48. The number of carbonyl (C=O) groups excluding carboxylic acids is 1. The van der Waals surface area contributed by atoms with Gasteiger partial charge in [-0.05, 0) is 18.4 Å². The van der Waals surface area contributed by atoms with Crippen molar-refractivity contribution < 1.29 is 14.6 Å². The Kier molecular flexibility index (Phi) is 5.61. The molecular weight excluding hydrogens is 444 g/mol. The summed E-state index contributed by atoms with van der Waals surface area (Å²) >= 11 is 3.06. The van der Waals surface area contributed by atoms with Gasteiger partial charge in [0.2, 0.25) is 5.13 Å². The molecule has 11 nitrogen and oxygen atoms in total. The van der Waals surface area contributed by atoms with E-state index in [9.17, 15) is 25.0 Å². The number of rotatable bonds is 5. The predicted octanol–water partition coefficient (Wildman–Crippen LogP) is 3.35. The van der Waals surface area contributed by atoms with Crippen LogP contribution in [0.2, 0.25) is 0 Å². The van der Waals surface area contributed by atoms with Crippen LogP contribution in [0, 0.1) is 27.2 Å². The monoisotopic (exact) mass is 460 g/mol. The summed E-state index contributed by atoms with van der Waals surface area (Å²) in [5, 5.41) is 34.6. The van der Waals surface area contributed by atoms with Crippen LogP contribution < -0.4 is 4.90 Å². The molecule has 0 aliphatic carbocycles. The molecule has 1 amide bonds. The zero-order chi connectivity index (χ0) is 22.1. The topological polar surface area (TPSA) is 136 Å². The molecule has 31 heavy (non-hydrogen) atoms. The Hall–Kier alpha value is -3.45. The third-order valence-corrected chi connectivity index (χ3v) is 7.00. The van der Waals surface area contributed by atoms with Crippen LogP contribution in [0.1, 0.15) is 15.9 Å². The van der Waals surface area contributed by atoms with Crippen molar-refractivity contribution >= 4 is 45.1 Å².